The number of benzene rings is 3. The zero-order chi connectivity index (χ0) is 27.5. The molecule has 0 saturated heterocycles. The van der Waals surface area contributed by atoms with Crippen molar-refractivity contribution in [3.63, 3.8) is 0 Å². The first-order valence-electron chi connectivity index (χ1n) is 12.2. The molecular weight excluding hydrogens is 555 g/mol. The normalized spacial score (nSPS) is 15.1. The Kier molecular flexibility index (Phi) is 8.02. The van der Waals surface area contributed by atoms with E-state index in [1.54, 1.807) is 16.7 Å². The van der Waals surface area contributed by atoms with Gasteiger partial charge in [0.15, 0.2) is 4.80 Å². The molecule has 0 saturated carbocycles. The van der Waals surface area contributed by atoms with Crippen molar-refractivity contribution in [1.29, 1.82) is 0 Å². The monoisotopic (exact) mass is 578 g/mol. The summed E-state index contributed by atoms with van der Waals surface area (Å²) in [5.41, 5.74) is 3.25. The largest absolute Gasteiger partial charge is 0.489 e. The van der Waals surface area contributed by atoms with E-state index in [9.17, 15) is 9.59 Å². The molecule has 0 amide bonds. The van der Waals surface area contributed by atoms with Gasteiger partial charge in [-0.3, -0.25) is 9.36 Å². The quantitative estimate of drug-likeness (QED) is 0.264. The second-order valence-electron chi connectivity index (χ2n) is 8.79. The molecule has 0 fully saturated rings. The van der Waals surface area contributed by atoms with Crippen LogP contribution in [0.1, 0.15) is 36.1 Å². The number of ether oxygens (including phenoxy) is 2. The minimum atomic E-state index is -0.623. The lowest BCUT2D eigenvalue weighted by atomic mass is 9.95. The van der Waals surface area contributed by atoms with Gasteiger partial charge in [0.1, 0.15) is 12.4 Å². The summed E-state index contributed by atoms with van der Waals surface area (Å²) in [6, 6.07) is 21.6. The summed E-state index contributed by atoms with van der Waals surface area (Å²) in [7, 11) is 1.34. The number of allylic oxidation sites excluding steroid dienone is 1. The molecule has 0 aliphatic carbocycles. The van der Waals surface area contributed by atoms with Crippen LogP contribution < -0.4 is 19.6 Å². The summed E-state index contributed by atoms with van der Waals surface area (Å²) in [5, 5.41) is 1.12. The van der Waals surface area contributed by atoms with Crippen molar-refractivity contribution < 1.29 is 14.3 Å². The van der Waals surface area contributed by atoms with E-state index >= 15 is 0 Å². The average molecular weight is 580 g/mol. The van der Waals surface area contributed by atoms with Crippen LogP contribution >= 0.6 is 34.5 Å². The first-order chi connectivity index (χ1) is 18.9. The van der Waals surface area contributed by atoms with Crippen LogP contribution in [0.25, 0.3) is 6.08 Å². The van der Waals surface area contributed by atoms with Crippen molar-refractivity contribution in [2.24, 2.45) is 4.99 Å². The summed E-state index contributed by atoms with van der Waals surface area (Å²) in [6.07, 6.45) is 2.35. The predicted octanol–water partition coefficient (Wildman–Crippen LogP) is 5.68. The molecule has 0 radical (unpaired) electrons. The van der Waals surface area contributed by atoms with Gasteiger partial charge in [0.25, 0.3) is 5.56 Å². The van der Waals surface area contributed by atoms with Gasteiger partial charge in [-0.05, 0) is 47.9 Å². The number of carbonyl (C=O) groups is 1. The number of aromatic nitrogens is 1. The summed E-state index contributed by atoms with van der Waals surface area (Å²) in [6.45, 7) is 2.23. The topological polar surface area (TPSA) is 69.9 Å². The second kappa shape index (κ2) is 11.6. The summed E-state index contributed by atoms with van der Waals surface area (Å²) in [4.78, 5) is 31.8. The fraction of sp³-hybridized carbons (Fsp3) is 0.167. The van der Waals surface area contributed by atoms with Gasteiger partial charge < -0.3 is 9.47 Å². The van der Waals surface area contributed by atoms with E-state index in [1.807, 2.05) is 73.7 Å². The number of halogens is 2. The molecule has 6 nitrogen and oxygen atoms in total. The summed E-state index contributed by atoms with van der Waals surface area (Å²) in [5.74, 6) is 0.174. The van der Waals surface area contributed by atoms with E-state index in [2.05, 4.69) is 0 Å². The third kappa shape index (κ3) is 5.57. The molecule has 1 aromatic heterocycles. The zero-order valence-electron chi connectivity index (χ0n) is 21.2. The minimum Gasteiger partial charge on any atom is -0.489 e. The van der Waals surface area contributed by atoms with E-state index in [0.29, 0.717) is 49.4 Å². The smallest absolute Gasteiger partial charge is 0.338 e. The Morgan fingerprint density at radius 3 is 2.49 bits per heavy atom. The molecule has 1 atom stereocenters. The number of methoxy groups -OCH3 is 1. The van der Waals surface area contributed by atoms with Crippen LogP contribution in [0.3, 0.4) is 0 Å². The van der Waals surface area contributed by atoms with Crippen molar-refractivity contribution >= 4 is 46.6 Å². The fourth-order valence-corrected chi connectivity index (χ4v) is 5.91. The number of nitrogens with zero attached hydrogens (tertiary/aromatic N) is 2. The lowest BCUT2D eigenvalue weighted by Crippen LogP contribution is -2.40. The summed E-state index contributed by atoms with van der Waals surface area (Å²) < 4.78 is 13.1. The molecule has 3 aromatic carbocycles. The maximum Gasteiger partial charge on any atom is 0.338 e. The van der Waals surface area contributed by atoms with Gasteiger partial charge in [0.2, 0.25) is 0 Å². The Balaban J connectivity index is 1.49. The fourth-order valence-electron chi connectivity index (χ4n) is 4.43. The number of hydrogen-bond donors (Lipinski definition) is 0. The Hall–Kier alpha value is -3.65. The van der Waals surface area contributed by atoms with Crippen LogP contribution in [-0.4, -0.2) is 17.6 Å². The lowest BCUT2D eigenvalue weighted by Gasteiger charge is -2.25. The molecule has 1 aliphatic rings. The number of esters is 1. The first kappa shape index (κ1) is 26.9. The molecule has 2 heterocycles. The van der Waals surface area contributed by atoms with Crippen LogP contribution in [0.15, 0.2) is 93.9 Å². The molecular formula is C30H24Cl2N2O4S. The average Bonchev–Trinajstić information content (AvgIpc) is 3.26. The first-order valence-corrected chi connectivity index (χ1v) is 13.8. The Bertz CT molecular complexity index is 1740. The highest BCUT2D eigenvalue weighted by molar-refractivity contribution is 7.07. The Labute approximate surface area is 239 Å². The van der Waals surface area contributed by atoms with Crippen molar-refractivity contribution in [2.45, 2.75) is 26.0 Å². The maximum atomic E-state index is 13.7. The minimum absolute atomic E-state index is 0.220. The van der Waals surface area contributed by atoms with E-state index in [1.165, 1.54) is 18.4 Å². The highest BCUT2D eigenvalue weighted by atomic mass is 35.5. The molecule has 0 spiro atoms. The maximum absolute atomic E-state index is 13.7. The molecule has 39 heavy (non-hydrogen) atoms. The number of hydrogen-bond acceptors (Lipinski definition) is 6. The van der Waals surface area contributed by atoms with Crippen molar-refractivity contribution in [1.82, 2.24) is 4.57 Å². The van der Waals surface area contributed by atoms with Gasteiger partial charge in [-0.15, -0.1) is 0 Å². The van der Waals surface area contributed by atoms with Crippen molar-refractivity contribution in [3.8, 4) is 5.75 Å². The SMILES string of the molecule is CCC1=C(C(=O)OC)[C@H](c2ccccc2)n2c(s/c(=C\c3ccc(OCc4ccc(Cl)cc4Cl)cc3)c2=O)=N1. The molecule has 1 aliphatic heterocycles. The third-order valence-electron chi connectivity index (χ3n) is 6.35. The molecule has 0 N–H and O–H groups in total. The Morgan fingerprint density at radius 1 is 1.08 bits per heavy atom. The van der Waals surface area contributed by atoms with Crippen molar-refractivity contribution in [2.75, 3.05) is 7.11 Å². The highest BCUT2D eigenvalue weighted by Crippen LogP contribution is 2.31. The van der Waals surface area contributed by atoms with Gasteiger partial charge in [-0.25, -0.2) is 9.79 Å². The molecule has 5 rings (SSSR count). The number of thiazole rings is 1. The van der Waals surface area contributed by atoms with Crippen LogP contribution in [0.2, 0.25) is 10.0 Å². The standard InChI is InChI=1S/C30H24Cl2N2O4S/c1-3-24-26(29(36)37-2)27(19-7-5-4-6-8-19)34-28(35)25(39-30(34)33-24)15-18-9-13-22(14-10-18)38-17-20-11-12-21(31)16-23(20)32/h4-16,27H,3,17H2,1-2H3/b25-15-/t27-/m0/s1. The summed E-state index contributed by atoms with van der Waals surface area (Å²) >= 11 is 13.5. The molecule has 4 aromatic rings. The number of rotatable bonds is 7. The van der Waals surface area contributed by atoms with Gasteiger partial charge in [0.05, 0.1) is 29.0 Å². The highest BCUT2D eigenvalue weighted by Gasteiger charge is 2.33. The van der Waals surface area contributed by atoms with Crippen LogP contribution in [0.5, 0.6) is 5.75 Å². The van der Waals surface area contributed by atoms with Crippen LogP contribution in [0, 0.1) is 0 Å². The predicted molar refractivity (Wildman–Crippen MR) is 154 cm³/mol. The Morgan fingerprint density at radius 2 is 1.82 bits per heavy atom. The van der Waals surface area contributed by atoms with Gasteiger partial charge in [0, 0.05) is 15.6 Å². The van der Waals surface area contributed by atoms with E-state index < -0.39 is 12.0 Å². The second-order valence-corrected chi connectivity index (χ2v) is 10.6. The lowest BCUT2D eigenvalue weighted by molar-refractivity contribution is -0.136. The van der Waals surface area contributed by atoms with Crippen LogP contribution in [-0.2, 0) is 16.1 Å². The van der Waals surface area contributed by atoms with Gasteiger partial charge in [-0.2, -0.15) is 0 Å². The van der Waals surface area contributed by atoms with Gasteiger partial charge in [-0.1, -0.05) is 90.0 Å². The molecule has 0 unspecified atom stereocenters. The van der Waals surface area contributed by atoms with E-state index in [-0.39, 0.29) is 5.56 Å². The van der Waals surface area contributed by atoms with Crippen LogP contribution in [0.4, 0.5) is 0 Å². The zero-order valence-corrected chi connectivity index (χ0v) is 23.5. The number of carbonyl (C=O) groups excluding carboxylic acids is 1. The molecule has 0 bridgehead atoms. The third-order valence-corrected chi connectivity index (χ3v) is 7.92. The molecule has 198 valence electrons. The number of fused-ring (bicyclic) bond motifs is 1. The van der Waals surface area contributed by atoms with Crippen molar-refractivity contribution in [3.05, 3.63) is 130 Å². The van der Waals surface area contributed by atoms with E-state index in [4.69, 9.17) is 37.7 Å². The van der Waals surface area contributed by atoms with Gasteiger partial charge >= 0.3 is 5.97 Å². The molecule has 9 heteroatoms. The van der Waals surface area contributed by atoms with E-state index in [0.717, 1.165) is 16.7 Å².